The first-order valence-electron chi connectivity index (χ1n) is 11.8. The van der Waals surface area contributed by atoms with Crippen molar-refractivity contribution in [2.24, 2.45) is 28.6 Å². The maximum atomic E-state index is 11.5. The maximum absolute atomic E-state index is 11.5. The molecule has 4 aliphatic rings. The molecule has 0 heterocycles. The van der Waals surface area contributed by atoms with Crippen LogP contribution in [0, 0.1) is 28.6 Å². The molecule has 164 valence electrons. The van der Waals surface area contributed by atoms with Crippen molar-refractivity contribution < 1.29 is 9.53 Å². The lowest BCUT2D eigenvalue weighted by Gasteiger charge is -2.58. The average molecular weight is 410 g/mol. The Hall–Kier alpha value is -1.77. The molecular formula is C27H39NO2. The molecule has 0 amide bonds. The lowest BCUT2D eigenvalue weighted by molar-refractivity contribution is -0.148. The Labute approximate surface area is 182 Å². The van der Waals surface area contributed by atoms with E-state index in [0.717, 1.165) is 37.0 Å². The third-order valence-corrected chi connectivity index (χ3v) is 9.18. The number of allylic oxidation sites excluding steroid dienone is 6. The van der Waals surface area contributed by atoms with Crippen LogP contribution in [0.5, 0.6) is 0 Å². The summed E-state index contributed by atoms with van der Waals surface area (Å²) in [7, 11) is 2.22. The molecule has 0 aliphatic heterocycles. The minimum Gasteiger partial charge on any atom is -0.462 e. The Bertz CT molecular complexity index is 821. The highest BCUT2D eigenvalue weighted by molar-refractivity contribution is 5.66. The fourth-order valence-corrected chi connectivity index (χ4v) is 7.50. The van der Waals surface area contributed by atoms with E-state index in [1.165, 1.54) is 44.0 Å². The molecule has 0 aromatic carbocycles. The van der Waals surface area contributed by atoms with Crippen molar-refractivity contribution in [3.05, 3.63) is 47.9 Å². The summed E-state index contributed by atoms with van der Waals surface area (Å²) in [6.07, 6.45) is 17.2. The number of carbonyl (C=O) groups is 1. The summed E-state index contributed by atoms with van der Waals surface area (Å²) in [5.74, 6) is 2.11. The van der Waals surface area contributed by atoms with Gasteiger partial charge in [-0.15, -0.1) is 0 Å². The summed E-state index contributed by atoms with van der Waals surface area (Å²) in [4.78, 5) is 13.9. The fraction of sp³-hybridized carbons (Fsp3) is 0.667. The van der Waals surface area contributed by atoms with Gasteiger partial charge in [0.25, 0.3) is 0 Å². The standard InChI is InChI=1S/C27H39NO2/c1-7-8-18(2)28(6)25-12-11-23-22-10-9-20-17-21(30-19(3)29)13-15-26(20,4)24(22)14-16-27(23,25)5/h7-9,12,21-24H,1,10-11,13-17H2,2-6H3. The molecule has 2 saturated carbocycles. The first-order valence-corrected chi connectivity index (χ1v) is 11.8. The molecule has 4 aliphatic carbocycles. The molecule has 4 rings (SSSR count). The van der Waals surface area contributed by atoms with Crippen LogP contribution in [0.1, 0.15) is 72.6 Å². The van der Waals surface area contributed by atoms with E-state index >= 15 is 0 Å². The molecule has 30 heavy (non-hydrogen) atoms. The zero-order valence-electron chi connectivity index (χ0n) is 19.5. The summed E-state index contributed by atoms with van der Waals surface area (Å²) < 4.78 is 5.58. The monoisotopic (exact) mass is 409 g/mol. The SMILES string of the molecule is C=CC=C(C)N(C)C1=CCC2C3CC=C4CC(OC(C)=O)CCC4(C)C3CCC12C. The van der Waals surface area contributed by atoms with E-state index in [4.69, 9.17) is 4.74 Å². The van der Waals surface area contributed by atoms with Gasteiger partial charge in [0.05, 0.1) is 0 Å². The largest absolute Gasteiger partial charge is 0.462 e. The van der Waals surface area contributed by atoms with Gasteiger partial charge in [0.1, 0.15) is 6.10 Å². The normalized spacial score (nSPS) is 40.4. The van der Waals surface area contributed by atoms with E-state index in [-0.39, 0.29) is 22.9 Å². The molecule has 3 heteroatoms. The van der Waals surface area contributed by atoms with E-state index in [1.54, 1.807) is 5.57 Å². The average Bonchev–Trinajstić information content (AvgIpc) is 3.04. The van der Waals surface area contributed by atoms with Crippen molar-refractivity contribution in [2.75, 3.05) is 7.05 Å². The van der Waals surface area contributed by atoms with E-state index < -0.39 is 0 Å². The van der Waals surface area contributed by atoms with Crippen LogP contribution in [0.4, 0.5) is 0 Å². The van der Waals surface area contributed by atoms with Crippen molar-refractivity contribution in [1.29, 1.82) is 0 Å². The molecule has 0 N–H and O–H groups in total. The summed E-state index contributed by atoms with van der Waals surface area (Å²) in [5, 5.41) is 0. The Morgan fingerprint density at radius 3 is 2.57 bits per heavy atom. The van der Waals surface area contributed by atoms with Gasteiger partial charge in [-0.1, -0.05) is 44.2 Å². The minimum atomic E-state index is -0.138. The molecule has 0 bridgehead atoms. The minimum absolute atomic E-state index is 0.0836. The number of esters is 1. The predicted octanol–water partition coefficient (Wildman–Crippen LogP) is 6.40. The summed E-state index contributed by atoms with van der Waals surface area (Å²) >= 11 is 0. The zero-order valence-corrected chi connectivity index (χ0v) is 19.5. The van der Waals surface area contributed by atoms with Crippen molar-refractivity contribution in [3.8, 4) is 0 Å². The van der Waals surface area contributed by atoms with Crippen LogP contribution in [0.2, 0.25) is 0 Å². The third-order valence-electron chi connectivity index (χ3n) is 9.18. The van der Waals surface area contributed by atoms with E-state index in [9.17, 15) is 4.79 Å². The smallest absolute Gasteiger partial charge is 0.302 e. The van der Waals surface area contributed by atoms with Gasteiger partial charge in [-0.05, 0) is 74.7 Å². The number of nitrogens with zero attached hydrogens (tertiary/aromatic N) is 1. The Morgan fingerprint density at radius 2 is 1.87 bits per heavy atom. The van der Waals surface area contributed by atoms with Crippen LogP contribution in [0.15, 0.2) is 47.9 Å². The van der Waals surface area contributed by atoms with Crippen LogP contribution in [-0.4, -0.2) is 24.0 Å². The Balaban J connectivity index is 1.56. The van der Waals surface area contributed by atoms with Crippen LogP contribution in [0.3, 0.4) is 0 Å². The molecule has 2 fully saturated rings. The second kappa shape index (κ2) is 7.73. The van der Waals surface area contributed by atoms with Crippen LogP contribution in [-0.2, 0) is 9.53 Å². The third kappa shape index (κ3) is 3.29. The lowest BCUT2D eigenvalue weighted by atomic mass is 9.47. The van der Waals surface area contributed by atoms with Gasteiger partial charge >= 0.3 is 5.97 Å². The van der Waals surface area contributed by atoms with Gasteiger partial charge in [0.15, 0.2) is 0 Å². The van der Waals surface area contributed by atoms with Gasteiger partial charge in [-0.2, -0.15) is 0 Å². The van der Waals surface area contributed by atoms with Crippen molar-refractivity contribution >= 4 is 5.97 Å². The second-order valence-electron chi connectivity index (χ2n) is 10.6. The number of fused-ring (bicyclic) bond motifs is 5. The molecular weight excluding hydrogens is 370 g/mol. The Morgan fingerprint density at radius 1 is 1.13 bits per heavy atom. The molecule has 3 nitrogen and oxygen atoms in total. The zero-order chi connectivity index (χ0) is 21.7. The van der Waals surface area contributed by atoms with Crippen molar-refractivity contribution in [1.82, 2.24) is 4.90 Å². The molecule has 0 saturated heterocycles. The van der Waals surface area contributed by atoms with E-state index in [0.29, 0.717) is 0 Å². The van der Waals surface area contributed by atoms with Crippen molar-refractivity contribution in [3.63, 3.8) is 0 Å². The van der Waals surface area contributed by atoms with Crippen LogP contribution in [0.25, 0.3) is 0 Å². The van der Waals surface area contributed by atoms with Crippen LogP contribution < -0.4 is 0 Å². The van der Waals surface area contributed by atoms with Crippen molar-refractivity contribution in [2.45, 2.75) is 78.7 Å². The van der Waals surface area contributed by atoms with E-state index in [1.807, 2.05) is 6.08 Å². The van der Waals surface area contributed by atoms with Gasteiger partial charge in [-0.25, -0.2) is 0 Å². The number of rotatable bonds is 4. The summed E-state index contributed by atoms with van der Waals surface area (Å²) in [6.45, 7) is 12.6. The molecule has 0 aromatic rings. The molecule has 0 radical (unpaired) electrons. The predicted molar refractivity (Wildman–Crippen MR) is 122 cm³/mol. The molecule has 6 atom stereocenters. The molecule has 6 unspecified atom stereocenters. The first kappa shape index (κ1) is 21.5. The number of ether oxygens (including phenoxy) is 1. The molecule has 0 aromatic heterocycles. The topological polar surface area (TPSA) is 29.5 Å². The first-order chi connectivity index (χ1) is 14.2. The van der Waals surface area contributed by atoms with Gasteiger partial charge in [0, 0.05) is 37.2 Å². The highest BCUT2D eigenvalue weighted by Gasteiger charge is 2.57. The summed E-state index contributed by atoms with van der Waals surface area (Å²) in [6, 6.07) is 0. The quantitative estimate of drug-likeness (QED) is 0.306. The lowest BCUT2D eigenvalue weighted by Crippen LogP contribution is -2.51. The Kier molecular flexibility index (Phi) is 5.53. The summed E-state index contributed by atoms with van der Waals surface area (Å²) in [5.41, 5.74) is 4.90. The maximum Gasteiger partial charge on any atom is 0.302 e. The second-order valence-corrected chi connectivity index (χ2v) is 10.6. The van der Waals surface area contributed by atoms with E-state index in [2.05, 4.69) is 57.5 Å². The number of carbonyl (C=O) groups excluding carboxylic acids is 1. The highest BCUT2D eigenvalue weighted by Crippen LogP contribution is 2.65. The fourth-order valence-electron chi connectivity index (χ4n) is 7.50. The number of hydrogen-bond donors (Lipinski definition) is 0. The van der Waals surface area contributed by atoms with Gasteiger partial charge in [0.2, 0.25) is 0 Å². The highest BCUT2D eigenvalue weighted by atomic mass is 16.5. The van der Waals surface area contributed by atoms with Gasteiger partial charge in [-0.3, -0.25) is 4.79 Å². The number of hydrogen-bond acceptors (Lipinski definition) is 3. The molecule has 0 spiro atoms. The van der Waals surface area contributed by atoms with Crippen LogP contribution >= 0.6 is 0 Å². The van der Waals surface area contributed by atoms with Gasteiger partial charge < -0.3 is 9.64 Å².